The van der Waals surface area contributed by atoms with Gasteiger partial charge in [0.25, 0.3) is 0 Å². The van der Waals surface area contributed by atoms with Gasteiger partial charge in [-0.05, 0) is 80.6 Å². The van der Waals surface area contributed by atoms with Gasteiger partial charge in [0, 0.05) is 42.7 Å². The van der Waals surface area contributed by atoms with Crippen molar-refractivity contribution in [2.24, 2.45) is 0 Å². The van der Waals surface area contributed by atoms with Gasteiger partial charge < -0.3 is 14.7 Å². The summed E-state index contributed by atoms with van der Waals surface area (Å²) < 4.78 is 5.73. The number of esters is 1. The van der Waals surface area contributed by atoms with E-state index in [1.807, 2.05) is 41.5 Å². The van der Waals surface area contributed by atoms with Gasteiger partial charge >= 0.3 is 5.97 Å². The van der Waals surface area contributed by atoms with Gasteiger partial charge in [0.05, 0.1) is 0 Å². The summed E-state index contributed by atoms with van der Waals surface area (Å²) in [5, 5.41) is 11.0. The maximum Gasteiger partial charge on any atom is 0.306 e. The molecule has 2 heterocycles. The van der Waals surface area contributed by atoms with Crippen LogP contribution in [-0.4, -0.2) is 57.1 Å². The molecule has 1 fully saturated rings. The van der Waals surface area contributed by atoms with Crippen LogP contribution in [0.1, 0.15) is 112 Å². The van der Waals surface area contributed by atoms with E-state index in [0.717, 1.165) is 29.5 Å². The van der Waals surface area contributed by atoms with E-state index < -0.39 is 0 Å². The summed E-state index contributed by atoms with van der Waals surface area (Å²) >= 11 is 0. The second-order valence-corrected chi connectivity index (χ2v) is 14.9. The number of phenolic OH excluding ortho intramolecular Hbond substituents is 1. The van der Waals surface area contributed by atoms with Crippen LogP contribution in [0.4, 0.5) is 0 Å². The Balaban J connectivity index is 1.61. The molecule has 0 unspecified atom stereocenters. The third-order valence-corrected chi connectivity index (χ3v) is 8.38. The Bertz CT molecular complexity index is 1090. The Labute approximate surface area is 242 Å². The molecule has 1 aromatic carbocycles. The van der Waals surface area contributed by atoms with E-state index in [9.17, 15) is 14.7 Å². The molecule has 1 aromatic rings. The molecule has 222 valence electrons. The zero-order chi connectivity index (χ0) is 30.1. The number of allylic oxidation sites excluding steroid dienone is 2. The van der Waals surface area contributed by atoms with E-state index in [2.05, 4.69) is 74.1 Å². The van der Waals surface area contributed by atoms with Crippen LogP contribution in [0.2, 0.25) is 0 Å². The fourth-order valence-electron chi connectivity index (χ4n) is 6.52. The minimum atomic E-state index is -0.207. The van der Waals surface area contributed by atoms with Crippen LogP contribution in [0.15, 0.2) is 36.6 Å². The van der Waals surface area contributed by atoms with Crippen LogP contribution in [0.5, 0.6) is 5.75 Å². The lowest BCUT2D eigenvalue weighted by atomic mass is 9.76. The van der Waals surface area contributed by atoms with E-state index in [1.54, 1.807) is 0 Å². The molecule has 0 saturated carbocycles. The molecule has 1 amide bonds. The molecule has 6 heteroatoms. The number of hydrogen-bond acceptors (Lipinski definition) is 5. The van der Waals surface area contributed by atoms with Crippen molar-refractivity contribution < 1.29 is 19.4 Å². The van der Waals surface area contributed by atoms with Crippen LogP contribution < -0.4 is 0 Å². The molecule has 2 aliphatic heterocycles. The monoisotopic (exact) mass is 552 g/mol. The molecule has 40 heavy (non-hydrogen) atoms. The van der Waals surface area contributed by atoms with Crippen LogP contribution in [0, 0.1) is 0 Å². The van der Waals surface area contributed by atoms with Crippen molar-refractivity contribution >= 4 is 11.9 Å². The smallest absolute Gasteiger partial charge is 0.306 e. The summed E-state index contributed by atoms with van der Waals surface area (Å²) in [6.07, 6.45) is 10.7. The van der Waals surface area contributed by atoms with Gasteiger partial charge in [-0.25, -0.2) is 0 Å². The number of nitrogens with zero attached hydrogens (tertiary/aromatic N) is 2. The normalized spacial score (nSPS) is 20.1. The molecule has 0 aromatic heterocycles. The zero-order valence-electron chi connectivity index (χ0n) is 26.6. The fraction of sp³-hybridized carbons (Fsp3) is 0.647. The Morgan fingerprint density at radius 1 is 0.975 bits per heavy atom. The zero-order valence-corrected chi connectivity index (χ0v) is 26.6. The quantitative estimate of drug-likeness (QED) is 0.377. The number of rotatable bonds is 7. The molecule has 0 radical (unpaired) electrons. The molecule has 6 nitrogen and oxygen atoms in total. The SMILES string of the molecule is CC(C)(C)c1cc(CCC(=O)OCCN2C(C)(C)CC(N3C=CC=CCC3=O)CC2(C)C)cc(C(C)(C)C)c1O. The highest BCUT2D eigenvalue weighted by Gasteiger charge is 2.47. The van der Waals surface area contributed by atoms with E-state index >= 15 is 0 Å². The maximum atomic E-state index is 12.8. The topological polar surface area (TPSA) is 70.1 Å². The van der Waals surface area contributed by atoms with Crippen LogP contribution >= 0.6 is 0 Å². The molecule has 0 aliphatic carbocycles. The number of carbonyl (C=O) groups excluding carboxylic acids is 2. The Morgan fingerprint density at radius 2 is 1.52 bits per heavy atom. The minimum Gasteiger partial charge on any atom is -0.507 e. The van der Waals surface area contributed by atoms with Gasteiger partial charge in [-0.3, -0.25) is 14.5 Å². The molecule has 0 spiro atoms. The van der Waals surface area contributed by atoms with Crippen molar-refractivity contribution in [2.45, 2.75) is 129 Å². The summed E-state index contributed by atoms with van der Waals surface area (Å²) in [4.78, 5) is 29.9. The first-order chi connectivity index (χ1) is 18.3. The number of aryl methyl sites for hydroxylation is 1. The van der Waals surface area contributed by atoms with E-state index in [4.69, 9.17) is 4.74 Å². The van der Waals surface area contributed by atoms with Crippen molar-refractivity contribution in [1.29, 1.82) is 0 Å². The first kappa shape index (κ1) is 31.9. The molecule has 1 saturated heterocycles. The van der Waals surface area contributed by atoms with E-state index in [1.165, 1.54) is 0 Å². The predicted molar refractivity (Wildman–Crippen MR) is 162 cm³/mol. The van der Waals surface area contributed by atoms with Gasteiger partial charge in [0.15, 0.2) is 0 Å². The highest BCUT2D eigenvalue weighted by molar-refractivity contribution is 5.79. The van der Waals surface area contributed by atoms with Crippen molar-refractivity contribution in [3.63, 3.8) is 0 Å². The summed E-state index contributed by atoms with van der Waals surface area (Å²) in [5.41, 5.74) is 2.12. The fourth-order valence-corrected chi connectivity index (χ4v) is 6.52. The van der Waals surface area contributed by atoms with Crippen molar-refractivity contribution in [3.8, 4) is 5.75 Å². The van der Waals surface area contributed by atoms with Crippen molar-refractivity contribution in [2.75, 3.05) is 13.2 Å². The van der Waals surface area contributed by atoms with Gasteiger partial charge in [0.2, 0.25) is 5.91 Å². The molecule has 0 atom stereocenters. The minimum absolute atomic E-state index is 0.133. The average molecular weight is 553 g/mol. The van der Waals surface area contributed by atoms with Crippen LogP contribution in [0.3, 0.4) is 0 Å². The summed E-state index contributed by atoms with van der Waals surface area (Å²) in [7, 11) is 0. The molecule has 2 aliphatic rings. The first-order valence-electron chi connectivity index (χ1n) is 14.8. The van der Waals surface area contributed by atoms with Crippen LogP contribution in [-0.2, 0) is 31.6 Å². The van der Waals surface area contributed by atoms with E-state index in [0.29, 0.717) is 38.2 Å². The molecular formula is C34H52N2O4. The van der Waals surface area contributed by atoms with Crippen molar-refractivity contribution in [1.82, 2.24) is 9.80 Å². The lowest BCUT2D eigenvalue weighted by Crippen LogP contribution is -2.64. The summed E-state index contributed by atoms with van der Waals surface area (Å²) in [6.45, 7) is 22.4. The highest BCUT2D eigenvalue weighted by atomic mass is 16.5. The number of piperidine rings is 1. The molecule has 1 N–H and O–H groups in total. The number of phenols is 1. The number of ether oxygens (including phenoxy) is 1. The number of amides is 1. The number of aromatic hydroxyl groups is 1. The van der Waals surface area contributed by atoms with E-state index in [-0.39, 0.29) is 39.8 Å². The highest BCUT2D eigenvalue weighted by Crippen LogP contribution is 2.41. The number of hydrogen-bond donors (Lipinski definition) is 1. The maximum absolute atomic E-state index is 12.8. The van der Waals surface area contributed by atoms with Gasteiger partial charge in [-0.15, -0.1) is 0 Å². The first-order valence-corrected chi connectivity index (χ1v) is 14.8. The molecule has 3 rings (SSSR count). The number of benzene rings is 1. The third kappa shape index (κ3) is 7.57. The lowest BCUT2D eigenvalue weighted by Gasteiger charge is -2.56. The second kappa shape index (κ2) is 11.7. The van der Waals surface area contributed by atoms with Crippen LogP contribution in [0.25, 0.3) is 0 Å². The predicted octanol–water partition coefficient (Wildman–Crippen LogP) is 6.79. The Kier molecular flexibility index (Phi) is 9.35. The molecule has 0 bridgehead atoms. The second-order valence-electron chi connectivity index (χ2n) is 14.9. The third-order valence-electron chi connectivity index (χ3n) is 8.38. The Hall–Kier alpha value is -2.60. The lowest BCUT2D eigenvalue weighted by molar-refractivity contribution is -0.147. The number of likely N-dealkylation sites (tertiary alicyclic amines) is 1. The molecular weight excluding hydrogens is 500 g/mol. The van der Waals surface area contributed by atoms with Gasteiger partial charge in [-0.1, -0.05) is 65.8 Å². The summed E-state index contributed by atoms with van der Waals surface area (Å²) in [6, 6.07) is 4.20. The largest absolute Gasteiger partial charge is 0.507 e. The van der Waals surface area contributed by atoms with Gasteiger partial charge in [0.1, 0.15) is 12.4 Å². The standard InChI is InChI=1S/C34H52N2O4/c1-31(2,3)26-20-24(21-27(30(26)39)32(4,5)6)15-16-29(38)40-19-18-36-33(7,8)22-25(23-34(36,9)10)35-17-13-11-12-14-28(35)37/h11-13,17,20-21,25,39H,14-16,18-19,22-23H2,1-10H3. The Morgan fingerprint density at radius 3 is 2.05 bits per heavy atom. The average Bonchev–Trinajstić information content (AvgIpc) is 3.02. The van der Waals surface area contributed by atoms with Gasteiger partial charge in [-0.2, -0.15) is 0 Å². The number of carbonyl (C=O) groups is 2. The van der Waals surface area contributed by atoms with Crippen molar-refractivity contribution in [3.05, 3.63) is 53.3 Å². The summed E-state index contributed by atoms with van der Waals surface area (Å²) in [5.74, 6) is 0.288.